The molecule has 1 aliphatic heterocycles. The van der Waals surface area contributed by atoms with E-state index in [1.807, 2.05) is 44.2 Å². The quantitative estimate of drug-likeness (QED) is 0.414. The number of halogens is 1. The van der Waals surface area contributed by atoms with Crippen LogP contribution in [0.1, 0.15) is 34.8 Å². The number of aryl methyl sites for hydroxylation is 1. The maximum absolute atomic E-state index is 13.6. The van der Waals surface area contributed by atoms with Crippen molar-refractivity contribution < 1.29 is 19.1 Å². The van der Waals surface area contributed by atoms with Gasteiger partial charge in [-0.15, -0.1) is 0 Å². The van der Waals surface area contributed by atoms with Crippen LogP contribution in [-0.2, 0) is 16.0 Å². The van der Waals surface area contributed by atoms with Crippen molar-refractivity contribution in [2.24, 2.45) is 0 Å². The van der Waals surface area contributed by atoms with E-state index < -0.39 is 11.9 Å². The molecule has 1 aliphatic rings. The monoisotopic (exact) mass is 490 g/mol. The Morgan fingerprint density at radius 1 is 1.06 bits per heavy atom. The summed E-state index contributed by atoms with van der Waals surface area (Å²) in [5.74, 6) is -0.375. The van der Waals surface area contributed by atoms with Crippen molar-refractivity contribution in [3.05, 3.63) is 94.5 Å². The normalized spacial score (nSPS) is 15.4. The van der Waals surface area contributed by atoms with Gasteiger partial charge in [-0.25, -0.2) is 4.90 Å². The van der Waals surface area contributed by atoms with Gasteiger partial charge in [-0.3, -0.25) is 14.4 Å². The van der Waals surface area contributed by atoms with E-state index >= 15 is 0 Å². The van der Waals surface area contributed by atoms with Crippen molar-refractivity contribution in [3.63, 3.8) is 0 Å². The summed E-state index contributed by atoms with van der Waals surface area (Å²) in [6, 6.07) is 20.6. The van der Waals surface area contributed by atoms with Gasteiger partial charge in [0.15, 0.2) is 0 Å². The Bertz CT molecular complexity index is 1240. The first-order valence-electron chi connectivity index (χ1n) is 11.6. The molecule has 3 aromatic rings. The van der Waals surface area contributed by atoms with Crippen LogP contribution in [0, 0.1) is 6.92 Å². The molecule has 0 N–H and O–H groups in total. The van der Waals surface area contributed by atoms with Crippen LogP contribution in [0.25, 0.3) is 0 Å². The first kappa shape index (κ1) is 24.5. The lowest BCUT2D eigenvalue weighted by Crippen LogP contribution is -2.46. The second-order valence-electron chi connectivity index (χ2n) is 8.46. The highest BCUT2D eigenvalue weighted by Gasteiger charge is 2.44. The van der Waals surface area contributed by atoms with Crippen molar-refractivity contribution in [1.29, 1.82) is 0 Å². The van der Waals surface area contributed by atoms with Crippen LogP contribution in [0.15, 0.2) is 72.8 Å². The molecule has 0 aromatic heterocycles. The van der Waals surface area contributed by atoms with E-state index in [0.29, 0.717) is 35.1 Å². The smallest absolute Gasteiger partial charge is 0.257 e. The standard InChI is InChI=1S/C28H27ClN2O4/c1-3-35-24-12-10-23(11-13-24)31-26(32)18-25(28(31)34)30(15-14-20-7-5-9-22(29)17-20)27(33)21-8-4-6-19(2)16-21/h4-13,16-17,25H,3,14-15,18H2,1-2H3. The molecule has 35 heavy (non-hydrogen) atoms. The number of carbonyl (C=O) groups is 3. The summed E-state index contributed by atoms with van der Waals surface area (Å²) in [7, 11) is 0. The molecule has 0 aliphatic carbocycles. The Balaban J connectivity index is 1.62. The highest BCUT2D eigenvalue weighted by atomic mass is 35.5. The molecule has 0 saturated carbocycles. The molecule has 1 saturated heterocycles. The maximum atomic E-state index is 13.6. The van der Waals surface area contributed by atoms with Gasteiger partial charge >= 0.3 is 0 Å². The highest BCUT2D eigenvalue weighted by molar-refractivity contribution is 6.30. The third-order valence-electron chi connectivity index (χ3n) is 5.96. The minimum Gasteiger partial charge on any atom is -0.494 e. The molecule has 7 heteroatoms. The van der Waals surface area contributed by atoms with Crippen LogP contribution in [-0.4, -0.2) is 41.8 Å². The minimum absolute atomic E-state index is 0.0703. The molecule has 180 valence electrons. The highest BCUT2D eigenvalue weighted by Crippen LogP contribution is 2.28. The Morgan fingerprint density at radius 3 is 2.49 bits per heavy atom. The van der Waals surface area contributed by atoms with Gasteiger partial charge in [-0.05, 0) is 74.4 Å². The number of carbonyl (C=O) groups excluding carboxylic acids is 3. The van der Waals surface area contributed by atoms with Gasteiger partial charge < -0.3 is 9.64 Å². The molecule has 0 spiro atoms. The second kappa shape index (κ2) is 10.7. The van der Waals surface area contributed by atoms with Crippen LogP contribution < -0.4 is 9.64 Å². The molecular weight excluding hydrogens is 464 g/mol. The number of imide groups is 1. The van der Waals surface area contributed by atoms with Crippen molar-refractivity contribution >= 4 is 35.0 Å². The number of benzene rings is 3. The first-order chi connectivity index (χ1) is 16.9. The lowest BCUT2D eigenvalue weighted by Gasteiger charge is -2.28. The average molecular weight is 491 g/mol. The predicted molar refractivity (Wildman–Crippen MR) is 136 cm³/mol. The molecular formula is C28H27ClN2O4. The van der Waals surface area contributed by atoms with Gasteiger partial charge in [-0.2, -0.15) is 0 Å². The molecule has 1 unspecified atom stereocenters. The Labute approximate surface area is 210 Å². The van der Waals surface area contributed by atoms with Crippen molar-refractivity contribution in [1.82, 2.24) is 4.90 Å². The number of anilines is 1. The van der Waals surface area contributed by atoms with Crippen molar-refractivity contribution in [2.45, 2.75) is 32.7 Å². The predicted octanol–water partition coefficient (Wildman–Crippen LogP) is 5.06. The zero-order chi connectivity index (χ0) is 24.9. The Morgan fingerprint density at radius 2 is 1.80 bits per heavy atom. The summed E-state index contributed by atoms with van der Waals surface area (Å²) in [6.45, 7) is 4.58. The molecule has 3 aromatic carbocycles. The third kappa shape index (κ3) is 5.54. The summed E-state index contributed by atoms with van der Waals surface area (Å²) in [4.78, 5) is 42.7. The van der Waals surface area contributed by atoms with Gasteiger partial charge in [0, 0.05) is 17.1 Å². The fraction of sp³-hybridized carbons (Fsp3) is 0.250. The lowest BCUT2D eigenvalue weighted by molar-refractivity contribution is -0.122. The van der Waals surface area contributed by atoms with Gasteiger partial charge in [-0.1, -0.05) is 41.4 Å². The van der Waals surface area contributed by atoms with E-state index in [1.165, 1.54) is 4.90 Å². The van der Waals surface area contributed by atoms with E-state index in [-0.39, 0.29) is 24.8 Å². The topological polar surface area (TPSA) is 66.9 Å². The molecule has 1 heterocycles. The van der Waals surface area contributed by atoms with Gasteiger partial charge in [0.25, 0.3) is 11.8 Å². The molecule has 6 nitrogen and oxygen atoms in total. The van der Waals surface area contributed by atoms with E-state index in [1.54, 1.807) is 42.5 Å². The second-order valence-corrected chi connectivity index (χ2v) is 8.90. The fourth-order valence-electron chi connectivity index (χ4n) is 4.27. The Hall–Kier alpha value is -3.64. The lowest BCUT2D eigenvalue weighted by atomic mass is 10.1. The summed E-state index contributed by atoms with van der Waals surface area (Å²) in [6.07, 6.45) is 0.429. The SMILES string of the molecule is CCOc1ccc(N2C(=O)CC(N(CCc3cccc(Cl)c3)C(=O)c3cccc(C)c3)C2=O)cc1. The van der Waals surface area contributed by atoms with E-state index in [2.05, 4.69) is 0 Å². The number of nitrogens with zero attached hydrogens (tertiary/aromatic N) is 2. The molecule has 1 fully saturated rings. The van der Waals surface area contributed by atoms with Crippen molar-refractivity contribution in [2.75, 3.05) is 18.1 Å². The fourth-order valence-corrected chi connectivity index (χ4v) is 4.49. The van der Waals surface area contributed by atoms with Crippen LogP contribution in [0.4, 0.5) is 5.69 Å². The number of ether oxygens (including phenoxy) is 1. The van der Waals surface area contributed by atoms with Crippen LogP contribution in [0.3, 0.4) is 0 Å². The van der Waals surface area contributed by atoms with Crippen LogP contribution >= 0.6 is 11.6 Å². The van der Waals surface area contributed by atoms with Crippen LogP contribution in [0.2, 0.25) is 5.02 Å². The number of amides is 3. The summed E-state index contributed by atoms with van der Waals surface area (Å²) in [5.41, 5.74) is 2.83. The number of hydrogen-bond acceptors (Lipinski definition) is 4. The first-order valence-corrected chi connectivity index (χ1v) is 12.0. The molecule has 0 bridgehead atoms. The van der Waals surface area contributed by atoms with Gasteiger partial charge in [0.1, 0.15) is 11.8 Å². The van der Waals surface area contributed by atoms with Crippen molar-refractivity contribution in [3.8, 4) is 5.75 Å². The van der Waals surface area contributed by atoms with Crippen LogP contribution in [0.5, 0.6) is 5.75 Å². The average Bonchev–Trinajstić information content (AvgIpc) is 3.13. The molecule has 3 amide bonds. The molecule has 4 rings (SSSR count). The number of hydrogen-bond donors (Lipinski definition) is 0. The molecule has 1 atom stereocenters. The summed E-state index contributed by atoms with van der Waals surface area (Å²) < 4.78 is 5.46. The van der Waals surface area contributed by atoms with E-state index in [0.717, 1.165) is 16.0 Å². The largest absolute Gasteiger partial charge is 0.494 e. The number of rotatable bonds is 8. The summed E-state index contributed by atoms with van der Waals surface area (Å²) in [5, 5.41) is 0.604. The molecule has 0 radical (unpaired) electrons. The summed E-state index contributed by atoms with van der Waals surface area (Å²) >= 11 is 6.13. The van der Waals surface area contributed by atoms with Gasteiger partial charge in [0.2, 0.25) is 5.91 Å². The Kier molecular flexibility index (Phi) is 7.51. The minimum atomic E-state index is -0.888. The van der Waals surface area contributed by atoms with E-state index in [4.69, 9.17) is 16.3 Å². The third-order valence-corrected chi connectivity index (χ3v) is 6.20. The zero-order valence-electron chi connectivity index (χ0n) is 19.7. The zero-order valence-corrected chi connectivity index (χ0v) is 20.5. The van der Waals surface area contributed by atoms with E-state index in [9.17, 15) is 14.4 Å². The van der Waals surface area contributed by atoms with Gasteiger partial charge in [0.05, 0.1) is 18.7 Å². The maximum Gasteiger partial charge on any atom is 0.257 e.